The zero-order valence-corrected chi connectivity index (χ0v) is 22.2. The van der Waals surface area contributed by atoms with E-state index in [-0.39, 0.29) is 5.52 Å². The lowest BCUT2D eigenvalue weighted by atomic mass is 9.75. The first kappa shape index (κ1) is 25.3. The van der Waals surface area contributed by atoms with Crippen LogP contribution in [0.15, 0.2) is 47.8 Å². The van der Waals surface area contributed by atoms with Gasteiger partial charge in [-0.1, -0.05) is 0 Å². The maximum Gasteiger partial charge on any atom is 0.418 e. The second kappa shape index (κ2) is 8.68. The monoisotopic (exact) mass is 554 g/mol. The molecule has 2 aliphatic heterocycles. The highest BCUT2D eigenvalue weighted by atomic mass is 19.4. The standard InChI is InChI=1S/C28H29F3N6O3/c1-34-17-32-33-24(34)9-27(15-40-16-27)19-6-20(8-21(7-19)39-2)36-12-23-22(28(29,30)31)5-18(11-37(23)25(36)38)10-35-13-26(14-35)3-4-26/h5-8,11-12,17H,3-4,9-10,13-16H2,1-2H3. The van der Waals surface area contributed by atoms with Crippen LogP contribution in [0, 0.1) is 5.41 Å². The van der Waals surface area contributed by atoms with Crippen molar-refractivity contribution >= 4 is 5.52 Å². The molecule has 12 heteroatoms. The Morgan fingerprint density at radius 1 is 1.10 bits per heavy atom. The summed E-state index contributed by atoms with van der Waals surface area (Å²) < 4.78 is 58.1. The molecular formula is C28H29F3N6O3. The van der Waals surface area contributed by atoms with E-state index in [9.17, 15) is 18.0 Å². The molecule has 210 valence electrons. The van der Waals surface area contributed by atoms with Crippen LogP contribution in [-0.4, -0.2) is 62.0 Å². The molecule has 4 aromatic rings. The molecule has 3 fully saturated rings. The van der Waals surface area contributed by atoms with Crippen molar-refractivity contribution in [3.05, 3.63) is 76.0 Å². The van der Waals surface area contributed by atoms with Gasteiger partial charge in [0, 0.05) is 57.0 Å². The summed E-state index contributed by atoms with van der Waals surface area (Å²) >= 11 is 0. The lowest BCUT2D eigenvalue weighted by Gasteiger charge is -2.42. The molecule has 5 heterocycles. The third-order valence-electron chi connectivity index (χ3n) is 8.69. The van der Waals surface area contributed by atoms with Crippen LogP contribution < -0.4 is 10.4 Å². The van der Waals surface area contributed by atoms with Crippen LogP contribution in [0.1, 0.15) is 35.4 Å². The summed E-state index contributed by atoms with van der Waals surface area (Å²) in [6.07, 6.45) is 2.74. The molecule has 0 atom stereocenters. The summed E-state index contributed by atoms with van der Waals surface area (Å²) in [5.41, 5.74) is 0.101. The highest BCUT2D eigenvalue weighted by molar-refractivity contribution is 5.58. The molecule has 40 heavy (non-hydrogen) atoms. The lowest BCUT2D eigenvalue weighted by Crippen LogP contribution is -2.49. The number of benzene rings is 1. The minimum Gasteiger partial charge on any atom is -0.497 e. The molecule has 9 nitrogen and oxygen atoms in total. The van der Waals surface area contributed by atoms with Crippen molar-refractivity contribution in [2.45, 2.75) is 37.4 Å². The maximum atomic E-state index is 14.2. The number of pyridine rings is 1. The van der Waals surface area contributed by atoms with Crippen molar-refractivity contribution in [1.82, 2.24) is 28.6 Å². The number of halogens is 3. The van der Waals surface area contributed by atoms with Gasteiger partial charge in [-0.05, 0) is 47.6 Å². The number of ether oxygens (including phenoxy) is 2. The Morgan fingerprint density at radius 2 is 1.88 bits per heavy atom. The number of imidazole rings is 1. The molecule has 1 aliphatic carbocycles. The summed E-state index contributed by atoms with van der Waals surface area (Å²) in [7, 11) is 3.38. The minimum absolute atomic E-state index is 0.186. The SMILES string of the molecule is COc1cc(-n2cc3c(C(F)(F)F)cc(CN4CC5(CC5)C4)cn3c2=O)cc(C2(Cc3nncn3C)COC2)c1. The second-order valence-electron chi connectivity index (χ2n) is 11.7. The van der Waals surface area contributed by atoms with E-state index < -0.39 is 22.8 Å². The summed E-state index contributed by atoms with van der Waals surface area (Å²) in [4.78, 5) is 15.8. The van der Waals surface area contributed by atoms with Crippen LogP contribution in [0.25, 0.3) is 11.2 Å². The summed E-state index contributed by atoms with van der Waals surface area (Å²) in [6, 6.07) is 6.53. The number of likely N-dealkylation sites (tertiary alicyclic amines) is 1. The van der Waals surface area contributed by atoms with E-state index in [1.807, 2.05) is 23.7 Å². The van der Waals surface area contributed by atoms with E-state index in [2.05, 4.69) is 15.1 Å². The van der Waals surface area contributed by atoms with Crippen LogP contribution in [0.2, 0.25) is 0 Å². The Kier molecular flexibility index (Phi) is 5.50. The molecule has 0 bridgehead atoms. The van der Waals surface area contributed by atoms with E-state index in [0.29, 0.717) is 48.6 Å². The lowest BCUT2D eigenvalue weighted by molar-refractivity contribution is -0.136. The summed E-state index contributed by atoms with van der Waals surface area (Å²) in [6.45, 7) is 3.03. The molecule has 1 spiro atoms. The zero-order chi connectivity index (χ0) is 27.9. The summed E-state index contributed by atoms with van der Waals surface area (Å²) in [5.74, 6) is 1.26. The second-order valence-corrected chi connectivity index (χ2v) is 11.7. The Bertz CT molecular complexity index is 1670. The minimum atomic E-state index is -4.62. The first-order valence-corrected chi connectivity index (χ1v) is 13.2. The van der Waals surface area contributed by atoms with Crippen LogP contribution in [0.3, 0.4) is 0 Å². The van der Waals surface area contributed by atoms with Gasteiger partial charge in [-0.3, -0.25) is 13.9 Å². The van der Waals surface area contributed by atoms with Gasteiger partial charge in [0.25, 0.3) is 0 Å². The van der Waals surface area contributed by atoms with Crippen LogP contribution >= 0.6 is 0 Å². The maximum absolute atomic E-state index is 14.2. The number of hydrogen-bond acceptors (Lipinski definition) is 6. The molecule has 1 saturated carbocycles. The molecule has 3 aromatic heterocycles. The van der Waals surface area contributed by atoms with Gasteiger partial charge in [0.15, 0.2) is 0 Å². The quantitative estimate of drug-likeness (QED) is 0.349. The van der Waals surface area contributed by atoms with E-state index in [4.69, 9.17) is 9.47 Å². The van der Waals surface area contributed by atoms with Crippen molar-refractivity contribution in [3.63, 3.8) is 0 Å². The molecule has 0 amide bonds. The number of aryl methyl sites for hydroxylation is 1. The molecule has 0 unspecified atom stereocenters. The third kappa shape index (κ3) is 4.12. The number of aromatic nitrogens is 5. The first-order valence-electron chi connectivity index (χ1n) is 13.2. The van der Waals surface area contributed by atoms with E-state index >= 15 is 0 Å². The Hall–Kier alpha value is -3.64. The molecule has 0 radical (unpaired) electrons. The van der Waals surface area contributed by atoms with Gasteiger partial charge in [0.1, 0.15) is 17.9 Å². The molecule has 1 aromatic carbocycles. The van der Waals surface area contributed by atoms with Crippen molar-refractivity contribution in [3.8, 4) is 11.4 Å². The normalized spacial score (nSPS) is 19.5. The number of hydrogen-bond donors (Lipinski definition) is 0. The molecular weight excluding hydrogens is 525 g/mol. The predicted molar refractivity (Wildman–Crippen MR) is 139 cm³/mol. The Labute approximate surface area is 227 Å². The fraction of sp³-hybridized carbons (Fsp3) is 0.464. The van der Waals surface area contributed by atoms with Crippen molar-refractivity contribution in [1.29, 1.82) is 0 Å². The van der Waals surface area contributed by atoms with Gasteiger partial charge in [0.05, 0.1) is 37.1 Å². The number of rotatable bonds is 7. The number of nitrogens with zero attached hydrogens (tertiary/aromatic N) is 6. The molecule has 0 N–H and O–H groups in total. The predicted octanol–water partition coefficient (Wildman–Crippen LogP) is 3.35. The number of alkyl halides is 3. The van der Waals surface area contributed by atoms with Crippen molar-refractivity contribution in [2.75, 3.05) is 33.4 Å². The Balaban J connectivity index is 1.31. The van der Waals surface area contributed by atoms with Crippen molar-refractivity contribution in [2.24, 2.45) is 12.5 Å². The fourth-order valence-electron chi connectivity index (χ4n) is 6.14. The van der Waals surface area contributed by atoms with Crippen LogP contribution in [-0.2, 0) is 36.3 Å². The highest BCUT2D eigenvalue weighted by Crippen LogP contribution is 2.53. The number of fused-ring (bicyclic) bond motifs is 1. The Morgan fingerprint density at radius 3 is 2.48 bits per heavy atom. The largest absolute Gasteiger partial charge is 0.497 e. The van der Waals surface area contributed by atoms with Crippen molar-refractivity contribution < 1.29 is 22.6 Å². The average Bonchev–Trinajstić information content (AvgIpc) is 3.47. The van der Waals surface area contributed by atoms with Gasteiger partial charge in [-0.2, -0.15) is 13.2 Å². The fourth-order valence-corrected chi connectivity index (χ4v) is 6.14. The topological polar surface area (TPSA) is 78.8 Å². The molecule has 7 rings (SSSR count). The van der Waals surface area contributed by atoms with Gasteiger partial charge in [-0.25, -0.2) is 4.79 Å². The van der Waals surface area contributed by atoms with Gasteiger partial charge in [-0.15, -0.1) is 10.2 Å². The van der Waals surface area contributed by atoms with Gasteiger partial charge >= 0.3 is 11.9 Å². The summed E-state index contributed by atoms with van der Waals surface area (Å²) in [5, 5.41) is 8.18. The zero-order valence-electron chi connectivity index (χ0n) is 22.2. The molecule has 3 aliphatic rings. The van der Waals surface area contributed by atoms with Gasteiger partial charge in [0.2, 0.25) is 0 Å². The van der Waals surface area contributed by atoms with Crippen LogP contribution in [0.5, 0.6) is 5.75 Å². The number of methoxy groups -OCH3 is 1. The van der Waals surface area contributed by atoms with E-state index in [1.165, 1.54) is 43.0 Å². The average molecular weight is 555 g/mol. The smallest absolute Gasteiger partial charge is 0.418 e. The molecule has 2 saturated heterocycles. The first-order chi connectivity index (χ1) is 19.1. The van der Waals surface area contributed by atoms with Gasteiger partial charge < -0.3 is 14.0 Å². The van der Waals surface area contributed by atoms with Crippen LogP contribution in [0.4, 0.5) is 13.2 Å². The highest BCUT2D eigenvalue weighted by Gasteiger charge is 2.52. The van der Waals surface area contributed by atoms with E-state index in [1.54, 1.807) is 12.4 Å². The van der Waals surface area contributed by atoms with E-state index in [0.717, 1.165) is 28.9 Å². The third-order valence-corrected chi connectivity index (χ3v) is 8.69.